The van der Waals surface area contributed by atoms with Crippen LogP contribution in [0.4, 0.5) is 4.79 Å². The molecule has 208 valence electrons. The van der Waals surface area contributed by atoms with Gasteiger partial charge in [0.1, 0.15) is 12.4 Å². The van der Waals surface area contributed by atoms with Crippen LogP contribution in [0, 0.1) is 0 Å². The minimum atomic E-state index is -1.91. The lowest BCUT2D eigenvalue weighted by molar-refractivity contribution is -0.132. The van der Waals surface area contributed by atoms with Gasteiger partial charge in [-0.05, 0) is 54.7 Å². The third-order valence-corrected chi connectivity index (χ3v) is 12.7. The second kappa shape index (κ2) is 13.8. The summed E-state index contributed by atoms with van der Waals surface area (Å²) in [6.45, 7) is 11.3. The molecule has 1 heterocycles. The van der Waals surface area contributed by atoms with Gasteiger partial charge in [-0.25, -0.2) is 4.79 Å². The number of carbonyl (C=O) groups is 2. The highest BCUT2D eigenvalue weighted by atomic mass is 28.4. The van der Waals surface area contributed by atoms with E-state index in [0.29, 0.717) is 19.6 Å². The van der Waals surface area contributed by atoms with Crippen molar-refractivity contribution in [2.45, 2.75) is 90.4 Å². The van der Waals surface area contributed by atoms with Gasteiger partial charge in [0, 0.05) is 19.5 Å². The van der Waals surface area contributed by atoms with Gasteiger partial charge < -0.3 is 18.8 Å². The first-order chi connectivity index (χ1) is 18.3. The number of methoxy groups -OCH3 is 1. The lowest BCUT2D eigenvalue weighted by Crippen LogP contribution is -2.53. The predicted molar refractivity (Wildman–Crippen MR) is 152 cm³/mol. The van der Waals surface area contributed by atoms with Crippen molar-refractivity contribution in [1.29, 1.82) is 0 Å². The molecule has 0 bridgehead atoms. The Kier molecular flexibility index (Phi) is 10.8. The van der Waals surface area contributed by atoms with Gasteiger partial charge in [0.15, 0.2) is 8.32 Å². The van der Waals surface area contributed by atoms with Crippen LogP contribution in [0.25, 0.3) is 0 Å². The number of likely N-dealkylation sites (tertiary alicyclic amines) is 1. The van der Waals surface area contributed by atoms with Crippen molar-refractivity contribution in [2.75, 3.05) is 13.7 Å². The molecule has 0 aromatic heterocycles. The van der Waals surface area contributed by atoms with Crippen molar-refractivity contribution in [2.24, 2.45) is 0 Å². The molecule has 1 aliphatic heterocycles. The van der Waals surface area contributed by atoms with Crippen LogP contribution in [0.15, 0.2) is 54.6 Å². The Balaban J connectivity index is 1.87. The van der Waals surface area contributed by atoms with Gasteiger partial charge in [-0.15, -0.1) is 0 Å². The maximum atomic E-state index is 13.5. The fourth-order valence-corrected chi connectivity index (χ4v) is 8.11. The average molecular weight is 541 g/mol. The minimum absolute atomic E-state index is 0.0208. The van der Waals surface area contributed by atoms with Crippen LogP contribution < -0.4 is 4.74 Å². The van der Waals surface area contributed by atoms with E-state index in [1.165, 1.54) is 0 Å². The Morgan fingerprint density at radius 3 is 2.16 bits per heavy atom. The highest BCUT2D eigenvalue weighted by Gasteiger charge is 2.47. The predicted octanol–water partition coefficient (Wildman–Crippen LogP) is 6.23. The van der Waals surface area contributed by atoms with Gasteiger partial charge in [-0.3, -0.25) is 9.69 Å². The van der Waals surface area contributed by atoms with E-state index in [-0.39, 0.29) is 36.7 Å². The number of benzene rings is 2. The van der Waals surface area contributed by atoms with Crippen LogP contribution in [-0.4, -0.2) is 62.0 Å². The molecule has 3 atom stereocenters. The molecule has 38 heavy (non-hydrogen) atoms. The van der Waals surface area contributed by atoms with Crippen molar-refractivity contribution in [3.63, 3.8) is 0 Å². The van der Waals surface area contributed by atoms with E-state index in [2.05, 4.69) is 20.8 Å². The Labute approximate surface area is 229 Å². The number of carbonyl (C=O) groups excluding carboxylic acids is 2. The molecule has 2 amide bonds. The van der Waals surface area contributed by atoms with E-state index in [9.17, 15) is 9.59 Å². The number of ether oxygens (including phenoxy) is 2. The van der Waals surface area contributed by atoms with Crippen LogP contribution in [0.2, 0.25) is 18.1 Å². The Bertz CT molecular complexity index is 1020. The standard InChI is InChI=1S/C30H44N2O5Si/c1-7-38(8-2,9-3)37-22-29-28(31(24(5)33)20-25-15-17-27(35-6)18-16-25)19-23(4)32(29)30(34)36-21-26-13-11-10-12-14-26/h10-18,23,28-29H,7-9,19-22H2,1-6H3/t23-,28+,29+/m1/s1. The molecule has 7 nitrogen and oxygen atoms in total. The Morgan fingerprint density at radius 2 is 1.61 bits per heavy atom. The smallest absolute Gasteiger partial charge is 0.410 e. The van der Waals surface area contributed by atoms with Gasteiger partial charge in [0.05, 0.1) is 25.8 Å². The first-order valence-corrected chi connectivity index (χ1v) is 16.3. The molecule has 2 aromatic carbocycles. The number of hydrogen-bond acceptors (Lipinski definition) is 5. The fourth-order valence-electron chi connectivity index (χ4n) is 5.48. The number of amides is 2. The molecule has 3 rings (SSSR count). The molecule has 1 aliphatic rings. The van der Waals surface area contributed by atoms with Crippen molar-refractivity contribution in [1.82, 2.24) is 9.80 Å². The Morgan fingerprint density at radius 1 is 0.974 bits per heavy atom. The summed E-state index contributed by atoms with van der Waals surface area (Å²) in [4.78, 5) is 30.2. The molecule has 1 saturated heterocycles. The van der Waals surface area contributed by atoms with Crippen molar-refractivity contribution in [3.8, 4) is 5.75 Å². The highest BCUT2D eigenvalue weighted by molar-refractivity contribution is 6.73. The van der Waals surface area contributed by atoms with Crippen molar-refractivity contribution >= 4 is 20.3 Å². The molecule has 0 unspecified atom stereocenters. The van der Waals surface area contributed by atoms with E-state index >= 15 is 0 Å². The van der Waals surface area contributed by atoms with Crippen LogP contribution >= 0.6 is 0 Å². The summed E-state index contributed by atoms with van der Waals surface area (Å²) < 4.78 is 17.8. The first kappa shape index (κ1) is 29.7. The SMILES string of the molecule is CC[Si](CC)(CC)OC[C@H]1[C@@H](N(Cc2ccc(OC)cc2)C(C)=O)C[C@@H](C)N1C(=O)OCc1ccccc1. The van der Waals surface area contributed by atoms with E-state index in [4.69, 9.17) is 13.9 Å². The highest BCUT2D eigenvalue weighted by Crippen LogP contribution is 2.33. The van der Waals surface area contributed by atoms with E-state index in [1.54, 1.807) is 14.0 Å². The molecular formula is C30H44N2O5Si. The molecule has 0 spiro atoms. The summed E-state index contributed by atoms with van der Waals surface area (Å²) >= 11 is 0. The largest absolute Gasteiger partial charge is 0.497 e. The quantitative estimate of drug-likeness (QED) is 0.298. The summed E-state index contributed by atoms with van der Waals surface area (Å²) in [5.41, 5.74) is 1.95. The summed E-state index contributed by atoms with van der Waals surface area (Å²) in [5.74, 6) is 0.753. The topological polar surface area (TPSA) is 68.3 Å². The molecule has 8 heteroatoms. The average Bonchev–Trinajstić information content (AvgIpc) is 3.27. The van der Waals surface area contributed by atoms with Crippen molar-refractivity contribution < 1.29 is 23.5 Å². The van der Waals surface area contributed by atoms with Crippen LogP contribution in [0.1, 0.15) is 52.2 Å². The lowest BCUT2D eigenvalue weighted by Gasteiger charge is -2.37. The van der Waals surface area contributed by atoms with Gasteiger partial charge in [0.2, 0.25) is 5.91 Å². The van der Waals surface area contributed by atoms with Gasteiger partial charge in [-0.1, -0.05) is 63.2 Å². The Hall–Kier alpha value is -2.84. The van der Waals surface area contributed by atoms with Crippen LogP contribution in [0.3, 0.4) is 0 Å². The summed E-state index contributed by atoms with van der Waals surface area (Å²) in [6.07, 6.45) is 0.311. The minimum Gasteiger partial charge on any atom is -0.497 e. The zero-order valence-corrected chi connectivity index (χ0v) is 24.8. The summed E-state index contributed by atoms with van der Waals surface area (Å²) in [7, 11) is -0.277. The second-order valence-corrected chi connectivity index (χ2v) is 15.0. The summed E-state index contributed by atoms with van der Waals surface area (Å²) in [5, 5.41) is 0. The van der Waals surface area contributed by atoms with Crippen molar-refractivity contribution in [3.05, 3.63) is 65.7 Å². The molecule has 0 radical (unpaired) electrons. The maximum absolute atomic E-state index is 13.5. The van der Waals surface area contributed by atoms with Crippen LogP contribution in [-0.2, 0) is 27.1 Å². The third kappa shape index (κ3) is 7.17. The second-order valence-electron chi connectivity index (χ2n) is 10.2. The van der Waals surface area contributed by atoms with Gasteiger partial charge in [0.25, 0.3) is 0 Å². The van der Waals surface area contributed by atoms with E-state index in [1.807, 2.05) is 71.3 Å². The lowest BCUT2D eigenvalue weighted by atomic mass is 10.0. The number of hydrogen-bond donors (Lipinski definition) is 0. The van der Waals surface area contributed by atoms with Gasteiger partial charge >= 0.3 is 6.09 Å². The summed E-state index contributed by atoms with van der Waals surface area (Å²) in [6, 6.07) is 20.0. The number of rotatable bonds is 12. The molecule has 0 aliphatic carbocycles. The molecule has 2 aromatic rings. The zero-order chi connectivity index (χ0) is 27.7. The molecule has 0 saturated carbocycles. The maximum Gasteiger partial charge on any atom is 0.410 e. The third-order valence-electron chi connectivity index (χ3n) is 8.08. The fraction of sp³-hybridized carbons (Fsp3) is 0.533. The first-order valence-electron chi connectivity index (χ1n) is 13.8. The monoisotopic (exact) mass is 540 g/mol. The van der Waals surface area contributed by atoms with Gasteiger partial charge in [-0.2, -0.15) is 0 Å². The zero-order valence-electron chi connectivity index (χ0n) is 23.8. The molecule has 1 fully saturated rings. The van der Waals surface area contributed by atoms with E-state index in [0.717, 1.165) is 35.0 Å². The van der Waals surface area contributed by atoms with Crippen LogP contribution in [0.5, 0.6) is 5.75 Å². The molecular weight excluding hydrogens is 496 g/mol. The number of nitrogens with zero attached hydrogens (tertiary/aromatic N) is 2. The van der Waals surface area contributed by atoms with E-state index < -0.39 is 8.32 Å². The normalized spacial score (nSPS) is 19.3. The molecule has 0 N–H and O–H groups in total.